The molecule has 0 fully saturated rings. The largest absolute Gasteiger partial charge is 0.465 e. The van der Waals surface area contributed by atoms with Gasteiger partial charge in [-0.05, 0) is 18.5 Å². The van der Waals surface area contributed by atoms with Crippen molar-refractivity contribution in [3.63, 3.8) is 0 Å². The molecule has 2 N–H and O–H groups in total. The monoisotopic (exact) mass is 388 g/mol. The van der Waals surface area contributed by atoms with Crippen LogP contribution in [0.5, 0.6) is 0 Å². The van der Waals surface area contributed by atoms with Crippen molar-refractivity contribution in [2.24, 2.45) is 5.73 Å². The molecule has 0 aliphatic rings. The van der Waals surface area contributed by atoms with E-state index in [4.69, 9.17) is 10.2 Å². The first-order valence-electron chi connectivity index (χ1n) is 7.40. The van der Waals surface area contributed by atoms with E-state index in [1.807, 2.05) is 30.3 Å². The summed E-state index contributed by atoms with van der Waals surface area (Å²) in [4.78, 5) is 11.5. The van der Waals surface area contributed by atoms with E-state index in [2.05, 4.69) is 4.74 Å². The number of hydrogen-bond donors (Lipinski definition) is 1. The first-order chi connectivity index (χ1) is 11.5. The van der Waals surface area contributed by atoms with Crippen LogP contribution in [0.1, 0.15) is 22.3 Å². The highest BCUT2D eigenvalue weighted by Crippen LogP contribution is 2.21. The molecule has 1 aromatic heterocycles. The summed E-state index contributed by atoms with van der Waals surface area (Å²) in [6, 6.07) is 10.4. The fourth-order valence-corrected chi connectivity index (χ4v) is 3.53. The number of nitrogens with two attached hydrogens (primary N) is 1. The van der Waals surface area contributed by atoms with Gasteiger partial charge in [0, 0.05) is 19.2 Å². The quantitative estimate of drug-likeness (QED) is 0.694. The fraction of sp³-hybridized carbons (Fsp3) is 0.312. The van der Waals surface area contributed by atoms with Crippen molar-refractivity contribution in [1.29, 1.82) is 0 Å². The molecule has 1 heterocycles. The van der Waals surface area contributed by atoms with Gasteiger partial charge < -0.3 is 14.9 Å². The minimum absolute atomic E-state index is 0. The third-order valence-electron chi connectivity index (χ3n) is 3.40. The number of esters is 1. The second kappa shape index (κ2) is 9.57. The van der Waals surface area contributed by atoms with E-state index in [1.165, 1.54) is 17.5 Å². The molecule has 138 valence electrons. The summed E-state index contributed by atoms with van der Waals surface area (Å²) >= 11 is 0. The van der Waals surface area contributed by atoms with Crippen LogP contribution in [0.3, 0.4) is 0 Å². The molecule has 0 unspecified atom stereocenters. The molecule has 0 atom stereocenters. The van der Waals surface area contributed by atoms with Crippen LogP contribution in [0.25, 0.3) is 0 Å². The Kier molecular flexibility index (Phi) is 8.11. The van der Waals surface area contributed by atoms with Crippen LogP contribution in [0.4, 0.5) is 0 Å². The van der Waals surface area contributed by atoms with Crippen LogP contribution < -0.4 is 5.73 Å². The molecule has 0 bridgehead atoms. The molecule has 1 aromatic carbocycles. The summed E-state index contributed by atoms with van der Waals surface area (Å²) in [7, 11) is -2.67. The van der Waals surface area contributed by atoms with E-state index in [9.17, 15) is 13.2 Å². The number of halogens is 1. The number of carbonyl (C=O) groups excluding carboxylic acids is 1. The Morgan fingerprint density at radius 1 is 1.28 bits per heavy atom. The van der Waals surface area contributed by atoms with Crippen LogP contribution >= 0.6 is 12.4 Å². The van der Waals surface area contributed by atoms with Crippen LogP contribution in [0.2, 0.25) is 0 Å². The Balaban J connectivity index is 0.00000312. The van der Waals surface area contributed by atoms with E-state index in [0.717, 1.165) is 11.8 Å². The SMILES string of the molecule is COC(=O)c1coc(S(=O)(=O)N(CCCN)Cc2ccccc2)c1.Cl. The minimum atomic E-state index is -3.89. The number of benzene rings is 1. The molecule has 9 heteroatoms. The smallest absolute Gasteiger partial charge is 0.341 e. The maximum absolute atomic E-state index is 12.8. The molecule has 0 amide bonds. The first-order valence-corrected chi connectivity index (χ1v) is 8.84. The highest BCUT2D eigenvalue weighted by atomic mass is 35.5. The number of rotatable bonds is 8. The van der Waals surface area contributed by atoms with Crippen LogP contribution in [-0.2, 0) is 21.3 Å². The molecule has 2 rings (SSSR count). The van der Waals surface area contributed by atoms with E-state index < -0.39 is 16.0 Å². The third-order valence-corrected chi connectivity index (χ3v) is 5.12. The normalized spacial score (nSPS) is 11.2. The van der Waals surface area contributed by atoms with Gasteiger partial charge in [0.25, 0.3) is 10.0 Å². The Bertz CT molecular complexity index is 777. The average Bonchev–Trinajstić information content (AvgIpc) is 3.09. The van der Waals surface area contributed by atoms with Crippen molar-refractivity contribution in [3.05, 3.63) is 53.8 Å². The van der Waals surface area contributed by atoms with Crippen LogP contribution in [0.15, 0.2) is 52.2 Å². The van der Waals surface area contributed by atoms with Crippen LogP contribution in [-0.4, -0.2) is 38.9 Å². The van der Waals surface area contributed by atoms with Crippen LogP contribution in [0, 0.1) is 0 Å². The standard InChI is InChI=1S/C16H20N2O5S.ClH/c1-22-16(19)14-10-15(23-12-14)24(20,21)18(9-5-8-17)11-13-6-3-2-4-7-13;/h2-4,6-7,10,12H,5,8-9,11,17H2,1H3;1H. The van der Waals surface area contributed by atoms with Crippen molar-refractivity contribution in [2.45, 2.75) is 18.1 Å². The number of nitrogens with zero attached hydrogens (tertiary/aromatic N) is 1. The summed E-state index contributed by atoms with van der Waals surface area (Å²) in [5.41, 5.74) is 6.40. The lowest BCUT2D eigenvalue weighted by Crippen LogP contribution is -2.32. The molecule has 0 spiro atoms. The Morgan fingerprint density at radius 3 is 2.56 bits per heavy atom. The Morgan fingerprint density at radius 2 is 1.96 bits per heavy atom. The van der Waals surface area contributed by atoms with Gasteiger partial charge in [0.05, 0.1) is 12.7 Å². The summed E-state index contributed by atoms with van der Waals surface area (Å²) < 4.78 is 36.5. The molecule has 2 aromatic rings. The van der Waals surface area contributed by atoms with E-state index in [1.54, 1.807) is 0 Å². The van der Waals surface area contributed by atoms with Crippen molar-refractivity contribution < 1.29 is 22.4 Å². The molecule has 0 aliphatic carbocycles. The van der Waals surface area contributed by atoms with Gasteiger partial charge in [0.15, 0.2) is 0 Å². The highest BCUT2D eigenvalue weighted by Gasteiger charge is 2.28. The van der Waals surface area contributed by atoms with E-state index in [-0.39, 0.29) is 36.2 Å². The molecular formula is C16H21ClN2O5S. The number of methoxy groups -OCH3 is 1. The van der Waals surface area contributed by atoms with Gasteiger partial charge in [-0.15, -0.1) is 12.4 Å². The van der Waals surface area contributed by atoms with Gasteiger partial charge in [-0.2, -0.15) is 4.31 Å². The summed E-state index contributed by atoms with van der Waals surface area (Å²) in [6.07, 6.45) is 1.58. The molecule has 0 radical (unpaired) electrons. The lowest BCUT2D eigenvalue weighted by Gasteiger charge is -2.20. The van der Waals surface area contributed by atoms with Crippen molar-refractivity contribution >= 4 is 28.4 Å². The number of ether oxygens (including phenoxy) is 1. The van der Waals surface area contributed by atoms with Gasteiger partial charge in [-0.25, -0.2) is 13.2 Å². The topological polar surface area (TPSA) is 103 Å². The fourth-order valence-electron chi connectivity index (χ4n) is 2.14. The first kappa shape index (κ1) is 21.2. The maximum Gasteiger partial charge on any atom is 0.341 e. The number of furan rings is 1. The predicted molar refractivity (Wildman–Crippen MR) is 95.0 cm³/mol. The number of carbonyl (C=O) groups is 1. The summed E-state index contributed by atoms with van der Waals surface area (Å²) in [5.74, 6) is -0.656. The lowest BCUT2D eigenvalue weighted by molar-refractivity contribution is 0.0600. The Labute approximate surface area is 153 Å². The second-order valence-corrected chi connectivity index (χ2v) is 6.98. The molecule has 0 saturated carbocycles. The highest BCUT2D eigenvalue weighted by molar-refractivity contribution is 7.89. The van der Waals surface area contributed by atoms with Crippen molar-refractivity contribution in [3.8, 4) is 0 Å². The molecular weight excluding hydrogens is 368 g/mol. The predicted octanol–water partition coefficient (Wildman–Crippen LogP) is 2.03. The number of hydrogen-bond acceptors (Lipinski definition) is 6. The van der Waals surface area contributed by atoms with Gasteiger partial charge in [-0.1, -0.05) is 30.3 Å². The van der Waals surface area contributed by atoms with Crippen molar-refractivity contribution in [1.82, 2.24) is 4.31 Å². The second-order valence-electron chi connectivity index (χ2n) is 5.11. The van der Waals surface area contributed by atoms with E-state index in [0.29, 0.717) is 13.0 Å². The number of sulfonamides is 1. The van der Waals surface area contributed by atoms with Gasteiger partial charge >= 0.3 is 5.97 Å². The zero-order valence-electron chi connectivity index (χ0n) is 13.8. The molecule has 0 aliphatic heterocycles. The zero-order valence-corrected chi connectivity index (χ0v) is 15.4. The third kappa shape index (κ3) is 5.30. The lowest BCUT2D eigenvalue weighted by atomic mass is 10.2. The van der Waals surface area contributed by atoms with Gasteiger partial charge in [0.2, 0.25) is 5.09 Å². The zero-order chi connectivity index (χ0) is 17.6. The van der Waals surface area contributed by atoms with Crippen molar-refractivity contribution in [2.75, 3.05) is 20.2 Å². The maximum atomic E-state index is 12.8. The van der Waals surface area contributed by atoms with Gasteiger partial charge in [0.1, 0.15) is 6.26 Å². The minimum Gasteiger partial charge on any atom is -0.465 e. The molecule has 25 heavy (non-hydrogen) atoms. The molecule has 0 saturated heterocycles. The summed E-state index contributed by atoms with van der Waals surface area (Å²) in [5, 5.41) is -0.296. The van der Waals surface area contributed by atoms with Gasteiger partial charge in [-0.3, -0.25) is 0 Å². The van der Waals surface area contributed by atoms with E-state index >= 15 is 0 Å². The summed E-state index contributed by atoms with van der Waals surface area (Å²) in [6.45, 7) is 0.811. The Hall–Kier alpha value is -1.87. The molecule has 7 nitrogen and oxygen atoms in total. The average molecular weight is 389 g/mol.